The second-order valence-electron chi connectivity index (χ2n) is 4.49. The van der Waals surface area contributed by atoms with Crippen LogP contribution in [0, 0.1) is 0 Å². The van der Waals surface area contributed by atoms with E-state index in [1.807, 2.05) is 48.5 Å². The van der Waals surface area contributed by atoms with Crippen molar-refractivity contribution < 1.29 is 14.9 Å². The van der Waals surface area contributed by atoms with Gasteiger partial charge in [0.2, 0.25) is 0 Å². The minimum Gasteiger partial charge on any atom is -0.496 e. The van der Waals surface area contributed by atoms with Crippen molar-refractivity contribution in [2.75, 3.05) is 25.6 Å². The highest BCUT2D eigenvalue weighted by Crippen LogP contribution is 2.30. The number of para-hydroxylation sites is 1. The summed E-state index contributed by atoms with van der Waals surface area (Å²) in [7, 11) is 1.66. The number of benzene rings is 2. The zero-order valence-corrected chi connectivity index (χ0v) is 11.4. The van der Waals surface area contributed by atoms with Crippen LogP contribution in [0.4, 0.5) is 5.69 Å². The average Bonchev–Trinajstić information content (AvgIpc) is 2.53. The van der Waals surface area contributed by atoms with Crippen molar-refractivity contribution in [3.63, 3.8) is 0 Å². The van der Waals surface area contributed by atoms with E-state index in [-0.39, 0.29) is 6.61 Å². The minimum atomic E-state index is -0.746. The highest BCUT2D eigenvalue weighted by Gasteiger charge is 2.05. The van der Waals surface area contributed by atoms with Gasteiger partial charge in [0.15, 0.2) is 0 Å². The first-order valence-electron chi connectivity index (χ1n) is 6.51. The lowest BCUT2D eigenvalue weighted by molar-refractivity contribution is 0.105. The summed E-state index contributed by atoms with van der Waals surface area (Å²) in [4.78, 5) is 0. The van der Waals surface area contributed by atoms with Crippen molar-refractivity contribution in [3.8, 4) is 16.9 Å². The fourth-order valence-corrected chi connectivity index (χ4v) is 1.95. The zero-order valence-electron chi connectivity index (χ0n) is 11.4. The summed E-state index contributed by atoms with van der Waals surface area (Å²) < 4.78 is 5.35. The van der Waals surface area contributed by atoms with Crippen LogP contribution in [0.15, 0.2) is 48.5 Å². The third-order valence-corrected chi connectivity index (χ3v) is 3.06. The summed E-state index contributed by atoms with van der Waals surface area (Å²) in [5, 5.41) is 21.1. The number of rotatable bonds is 6. The van der Waals surface area contributed by atoms with E-state index in [0.717, 1.165) is 22.6 Å². The first kappa shape index (κ1) is 14.4. The fourth-order valence-electron chi connectivity index (χ4n) is 1.95. The zero-order chi connectivity index (χ0) is 14.4. The largest absolute Gasteiger partial charge is 0.496 e. The van der Waals surface area contributed by atoms with E-state index in [0.29, 0.717) is 6.54 Å². The summed E-state index contributed by atoms with van der Waals surface area (Å²) in [5.41, 5.74) is 3.00. The molecule has 0 fully saturated rings. The Morgan fingerprint density at radius 3 is 2.45 bits per heavy atom. The lowest BCUT2D eigenvalue weighted by Gasteiger charge is -2.12. The van der Waals surface area contributed by atoms with E-state index >= 15 is 0 Å². The third kappa shape index (κ3) is 3.50. The van der Waals surface area contributed by atoms with Crippen molar-refractivity contribution in [1.82, 2.24) is 0 Å². The molecule has 2 aromatic carbocycles. The van der Waals surface area contributed by atoms with Gasteiger partial charge < -0.3 is 20.3 Å². The van der Waals surface area contributed by atoms with Crippen LogP contribution in [0.2, 0.25) is 0 Å². The fraction of sp³-hybridized carbons (Fsp3) is 0.250. The van der Waals surface area contributed by atoms with Crippen LogP contribution < -0.4 is 10.1 Å². The molecule has 1 unspecified atom stereocenters. The van der Waals surface area contributed by atoms with Gasteiger partial charge in [0, 0.05) is 17.8 Å². The molecule has 0 heterocycles. The van der Waals surface area contributed by atoms with Crippen LogP contribution in [0.5, 0.6) is 5.75 Å². The summed E-state index contributed by atoms with van der Waals surface area (Å²) in [5.74, 6) is 0.837. The molecule has 1 atom stereocenters. The molecule has 4 heteroatoms. The van der Waals surface area contributed by atoms with E-state index in [1.54, 1.807) is 7.11 Å². The van der Waals surface area contributed by atoms with Gasteiger partial charge in [-0.25, -0.2) is 0 Å². The standard InChI is InChI=1S/C16H19NO3/c1-20-16-5-3-2-4-15(16)12-6-8-13(9-7-12)17-10-14(19)11-18/h2-9,14,17-19H,10-11H2,1H3. The summed E-state index contributed by atoms with van der Waals surface area (Å²) >= 11 is 0. The maximum absolute atomic E-state index is 9.29. The highest BCUT2D eigenvalue weighted by molar-refractivity contribution is 5.71. The van der Waals surface area contributed by atoms with Crippen molar-refractivity contribution in [1.29, 1.82) is 0 Å². The molecule has 0 aromatic heterocycles. The van der Waals surface area contributed by atoms with Crippen LogP contribution in [0.1, 0.15) is 0 Å². The Morgan fingerprint density at radius 1 is 1.10 bits per heavy atom. The smallest absolute Gasteiger partial charge is 0.126 e. The van der Waals surface area contributed by atoms with E-state index in [1.165, 1.54) is 0 Å². The molecule has 20 heavy (non-hydrogen) atoms. The maximum atomic E-state index is 9.29. The van der Waals surface area contributed by atoms with E-state index in [9.17, 15) is 5.11 Å². The molecule has 0 bridgehead atoms. The number of aliphatic hydroxyl groups excluding tert-OH is 2. The van der Waals surface area contributed by atoms with Gasteiger partial charge in [-0.15, -0.1) is 0 Å². The van der Waals surface area contributed by atoms with Gasteiger partial charge in [0.1, 0.15) is 5.75 Å². The quantitative estimate of drug-likeness (QED) is 0.754. The average molecular weight is 273 g/mol. The van der Waals surface area contributed by atoms with Crippen LogP contribution in [0.3, 0.4) is 0 Å². The predicted molar refractivity (Wildman–Crippen MR) is 80.0 cm³/mol. The van der Waals surface area contributed by atoms with Gasteiger partial charge in [-0.2, -0.15) is 0 Å². The molecule has 0 saturated carbocycles. The van der Waals surface area contributed by atoms with Crippen LogP contribution in [-0.2, 0) is 0 Å². The van der Waals surface area contributed by atoms with Gasteiger partial charge in [-0.3, -0.25) is 0 Å². The third-order valence-electron chi connectivity index (χ3n) is 3.06. The first-order valence-corrected chi connectivity index (χ1v) is 6.51. The molecule has 0 saturated heterocycles. The SMILES string of the molecule is COc1ccccc1-c1ccc(NCC(O)CO)cc1. The van der Waals surface area contributed by atoms with Gasteiger partial charge in [-0.05, 0) is 23.8 Å². The van der Waals surface area contributed by atoms with Crippen molar-refractivity contribution in [2.24, 2.45) is 0 Å². The second kappa shape index (κ2) is 6.93. The van der Waals surface area contributed by atoms with E-state index in [2.05, 4.69) is 5.32 Å². The number of aliphatic hydroxyl groups is 2. The molecule has 0 aliphatic heterocycles. The Hall–Kier alpha value is -2.04. The Morgan fingerprint density at radius 2 is 1.80 bits per heavy atom. The van der Waals surface area contributed by atoms with Gasteiger partial charge in [0.25, 0.3) is 0 Å². The lowest BCUT2D eigenvalue weighted by atomic mass is 10.0. The van der Waals surface area contributed by atoms with Crippen LogP contribution in [-0.4, -0.2) is 36.6 Å². The molecule has 0 radical (unpaired) electrons. The number of methoxy groups -OCH3 is 1. The molecule has 4 nitrogen and oxygen atoms in total. The topological polar surface area (TPSA) is 61.7 Å². The van der Waals surface area contributed by atoms with Gasteiger partial charge in [-0.1, -0.05) is 30.3 Å². The summed E-state index contributed by atoms with van der Waals surface area (Å²) in [6.45, 7) is 0.0802. The molecule has 106 valence electrons. The van der Waals surface area contributed by atoms with Crippen LogP contribution in [0.25, 0.3) is 11.1 Å². The van der Waals surface area contributed by atoms with Gasteiger partial charge >= 0.3 is 0 Å². The molecule has 0 aliphatic carbocycles. The normalized spacial score (nSPS) is 11.9. The van der Waals surface area contributed by atoms with Gasteiger partial charge in [0.05, 0.1) is 19.8 Å². The van der Waals surface area contributed by atoms with E-state index < -0.39 is 6.10 Å². The van der Waals surface area contributed by atoms with Crippen molar-refractivity contribution in [2.45, 2.75) is 6.10 Å². The lowest BCUT2D eigenvalue weighted by Crippen LogP contribution is -2.22. The van der Waals surface area contributed by atoms with Crippen molar-refractivity contribution in [3.05, 3.63) is 48.5 Å². The number of anilines is 1. The van der Waals surface area contributed by atoms with Crippen LogP contribution >= 0.6 is 0 Å². The molecule has 3 N–H and O–H groups in total. The maximum Gasteiger partial charge on any atom is 0.126 e. The monoisotopic (exact) mass is 273 g/mol. The molecule has 2 rings (SSSR count). The molecular formula is C16H19NO3. The molecule has 0 amide bonds. The summed E-state index contributed by atoms with van der Waals surface area (Å²) in [6, 6.07) is 15.7. The highest BCUT2D eigenvalue weighted by atomic mass is 16.5. The second-order valence-corrected chi connectivity index (χ2v) is 4.49. The van der Waals surface area contributed by atoms with Crippen molar-refractivity contribution >= 4 is 5.69 Å². The summed E-state index contributed by atoms with van der Waals surface area (Å²) in [6.07, 6.45) is -0.746. The molecule has 0 spiro atoms. The molecular weight excluding hydrogens is 254 g/mol. The number of ether oxygens (including phenoxy) is 1. The molecule has 0 aliphatic rings. The number of nitrogens with one attached hydrogen (secondary N) is 1. The molecule has 2 aromatic rings. The number of hydrogen-bond donors (Lipinski definition) is 3. The Bertz CT molecular complexity index is 540. The minimum absolute atomic E-state index is 0.244. The van der Waals surface area contributed by atoms with E-state index in [4.69, 9.17) is 9.84 Å². The first-order chi connectivity index (χ1) is 9.74. The Kier molecular flexibility index (Phi) is 4.98. The number of hydrogen-bond acceptors (Lipinski definition) is 4. The Balaban J connectivity index is 2.11. The Labute approximate surface area is 118 Å². The predicted octanol–water partition coefficient (Wildman–Crippen LogP) is 2.13.